The first-order chi connectivity index (χ1) is 10.3. The fourth-order valence-electron chi connectivity index (χ4n) is 3.10. The molecule has 0 saturated carbocycles. The normalized spacial score (nSPS) is 22.7. The summed E-state index contributed by atoms with van der Waals surface area (Å²) in [7, 11) is 0. The van der Waals surface area contributed by atoms with Crippen LogP contribution in [0, 0.1) is 0 Å². The second kappa shape index (κ2) is 5.02. The summed E-state index contributed by atoms with van der Waals surface area (Å²) in [6, 6.07) is 8.23. The van der Waals surface area contributed by atoms with Crippen molar-refractivity contribution in [3.05, 3.63) is 42.9 Å². The number of nitrogens with one attached hydrogen (secondary N) is 1. The maximum Gasteiger partial charge on any atom is 0.142 e. The number of hydrogen-bond donors (Lipinski definition) is 2. The minimum atomic E-state index is -0.491. The SMILES string of the molecule is O[C@H]1COCC[C@@H]1n1ccnc1-c1cccc2cc[nH]c12. The Kier molecular flexibility index (Phi) is 3.02. The third-order valence-electron chi connectivity index (χ3n) is 4.14. The summed E-state index contributed by atoms with van der Waals surface area (Å²) >= 11 is 0. The van der Waals surface area contributed by atoms with Crippen LogP contribution in [0.15, 0.2) is 42.9 Å². The van der Waals surface area contributed by atoms with Gasteiger partial charge in [0.05, 0.1) is 24.3 Å². The third-order valence-corrected chi connectivity index (χ3v) is 4.14. The summed E-state index contributed by atoms with van der Waals surface area (Å²) in [4.78, 5) is 7.79. The summed E-state index contributed by atoms with van der Waals surface area (Å²) in [5.41, 5.74) is 2.13. The molecule has 0 bridgehead atoms. The summed E-state index contributed by atoms with van der Waals surface area (Å²) in [5.74, 6) is 0.883. The second-order valence-corrected chi connectivity index (χ2v) is 5.40. The maximum atomic E-state index is 10.2. The molecule has 1 fully saturated rings. The van der Waals surface area contributed by atoms with E-state index in [4.69, 9.17) is 4.74 Å². The highest BCUT2D eigenvalue weighted by molar-refractivity contribution is 5.92. The molecular weight excluding hydrogens is 266 g/mol. The van der Waals surface area contributed by atoms with E-state index in [9.17, 15) is 5.11 Å². The zero-order chi connectivity index (χ0) is 14.2. The number of benzene rings is 1. The summed E-state index contributed by atoms with van der Waals surface area (Å²) in [6.45, 7) is 1.06. The molecule has 1 aromatic carbocycles. The quantitative estimate of drug-likeness (QED) is 0.759. The molecule has 0 spiro atoms. The van der Waals surface area contributed by atoms with Crippen molar-refractivity contribution in [2.45, 2.75) is 18.6 Å². The lowest BCUT2D eigenvalue weighted by atomic mass is 10.0. The van der Waals surface area contributed by atoms with Gasteiger partial charge in [-0.05, 0) is 18.6 Å². The van der Waals surface area contributed by atoms with E-state index in [-0.39, 0.29) is 6.04 Å². The van der Waals surface area contributed by atoms with E-state index in [0.717, 1.165) is 28.7 Å². The van der Waals surface area contributed by atoms with Gasteiger partial charge in [0, 0.05) is 36.1 Å². The number of rotatable bonds is 2. The highest BCUT2D eigenvalue weighted by Crippen LogP contribution is 2.31. The lowest BCUT2D eigenvalue weighted by Gasteiger charge is -2.30. The van der Waals surface area contributed by atoms with Crippen molar-refractivity contribution in [2.75, 3.05) is 13.2 Å². The van der Waals surface area contributed by atoms with E-state index in [2.05, 4.69) is 32.7 Å². The van der Waals surface area contributed by atoms with Crippen molar-refractivity contribution in [1.82, 2.24) is 14.5 Å². The van der Waals surface area contributed by atoms with Gasteiger partial charge in [-0.15, -0.1) is 0 Å². The molecule has 4 rings (SSSR count). The van der Waals surface area contributed by atoms with Gasteiger partial charge in [-0.3, -0.25) is 0 Å². The Morgan fingerprint density at radius 3 is 3.19 bits per heavy atom. The molecule has 108 valence electrons. The van der Waals surface area contributed by atoms with E-state index in [0.29, 0.717) is 13.2 Å². The molecule has 0 amide bonds. The first-order valence-corrected chi connectivity index (χ1v) is 7.20. The van der Waals surface area contributed by atoms with E-state index in [1.54, 1.807) is 6.20 Å². The third kappa shape index (κ3) is 2.05. The zero-order valence-corrected chi connectivity index (χ0v) is 11.6. The average Bonchev–Trinajstić information content (AvgIpc) is 3.16. The van der Waals surface area contributed by atoms with Crippen molar-refractivity contribution >= 4 is 10.9 Å². The van der Waals surface area contributed by atoms with Gasteiger partial charge in [0.2, 0.25) is 0 Å². The number of aromatic nitrogens is 3. The Bertz CT molecular complexity index is 762. The fraction of sp³-hybridized carbons (Fsp3) is 0.312. The van der Waals surface area contributed by atoms with Crippen LogP contribution >= 0.6 is 0 Å². The molecular formula is C16H17N3O2. The van der Waals surface area contributed by atoms with E-state index in [1.807, 2.05) is 18.5 Å². The maximum absolute atomic E-state index is 10.2. The van der Waals surface area contributed by atoms with Crippen LogP contribution < -0.4 is 0 Å². The largest absolute Gasteiger partial charge is 0.389 e. The van der Waals surface area contributed by atoms with Crippen LogP contribution in [0.25, 0.3) is 22.3 Å². The van der Waals surface area contributed by atoms with Gasteiger partial charge in [0.1, 0.15) is 5.82 Å². The number of aliphatic hydroxyl groups excluding tert-OH is 1. The molecule has 2 atom stereocenters. The number of H-pyrrole nitrogens is 1. The van der Waals surface area contributed by atoms with Gasteiger partial charge in [-0.2, -0.15) is 0 Å². The minimum absolute atomic E-state index is 0.0152. The zero-order valence-electron chi connectivity index (χ0n) is 11.6. The molecule has 0 radical (unpaired) electrons. The molecule has 5 nitrogen and oxygen atoms in total. The van der Waals surface area contributed by atoms with E-state index >= 15 is 0 Å². The monoisotopic (exact) mass is 283 g/mol. The highest BCUT2D eigenvalue weighted by atomic mass is 16.5. The topological polar surface area (TPSA) is 63.1 Å². The summed E-state index contributed by atoms with van der Waals surface area (Å²) in [6.07, 6.45) is 5.97. The van der Waals surface area contributed by atoms with Crippen molar-refractivity contribution in [2.24, 2.45) is 0 Å². The van der Waals surface area contributed by atoms with Gasteiger partial charge in [-0.1, -0.05) is 12.1 Å². The Morgan fingerprint density at radius 1 is 1.33 bits per heavy atom. The van der Waals surface area contributed by atoms with Crippen LogP contribution in [0.3, 0.4) is 0 Å². The summed E-state index contributed by atoms with van der Waals surface area (Å²) in [5, 5.41) is 11.4. The lowest BCUT2D eigenvalue weighted by molar-refractivity contribution is -0.0381. The molecule has 5 heteroatoms. The van der Waals surface area contributed by atoms with Crippen LogP contribution in [-0.2, 0) is 4.74 Å². The van der Waals surface area contributed by atoms with Gasteiger partial charge in [0.25, 0.3) is 0 Å². The van der Waals surface area contributed by atoms with Crippen molar-refractivity contribution in [1.29, 1.82) is 0 Å². The molecule has 2 aromatic heterocycles. The van der Waals surface area contributed by atoms with E-state index < -0.39 is 6.10 Å². The van der Waals surface area contributed by atoms with Crippen molar-refractivity contribution < 1.29 is 9.84 Å². The highest BCUT2D eigenvalue weighted by Gasteiger charge is 2.27. The number of nitrogens with zero attached hydrogens (tertiary/aromatic N) is 2. The minimum Gasteiger partial charge on any atom is -0.389 e. The molecule has 3 aromatic rings. The second-order valence-electron chi connectivity index (χ2n) is 5.40. The number of fused-ring (bicyclic) bond motifs is 1. The Morgan fingerprint density at radius 2 is 2.29 bits per heavy atom. The Labute approximate surface area is 122 Å². The number of aromatic amines is 1. The van der Waals surface area contributed by atoms with Crippen LogP contribution in [0.5, 0.6) is 0 Å². The molecule has 21 heavy (non-hydrogen) atoms. The fourth-order valence-corrected chi connectivity index (χ4v) is 3.10. The molecule has 1 aliphatic rings. The molecule has 2 N–H and O–H groups in total. The molecule has 0 unspecified atom stereocenters. The number of imidazole rings is 1. The lowest BCUT2D eigenvalue weighted by Crippen LogP contribution is -2.34. The van der Waals surface area contributed by atoms with Crippen LogP contribution in [-0.4, -0.2) is 39.0 Å². The number of hydrogen-bond acceptors (Lipinski definition) is 3. The van der Waals surface area contributed by atoms with Gasteiger partial charge < -0.3 is 19.4 Å². The molecule has 0 aliphatic carbocycles. The van der Waals surface area contributed by atoms with Gasteiger partial charge in [-0.25, -0.2) is 4.98 Å². The predicted molar refractivity (Wildman–Crippen MR) is 80.0 cm³/mol. The standard InChI is InChI=1S/C16H17N3O2/c20-14-10-21-9-5-13(14)19-8-7-18-16(19)12-3-1-2-11-4-6-17-15(11)12/h1-4,6-8,13-14,17,20H,5,9-10H2/t13-,14-/m0/s1. The predicted octanol–water partition coefficient (Wildman–Crippen LogP) is 2.35. The Hall–Kier alpha value is -2.11. The average molecular weight is 283 g/mol. The molecule has 3 heterocycles. The first kappa shape index (κ1) is 12.6. The van der Waals surface area contributed by atoms with Crippen LogP contribution in [0.4, 0.5) is 0 Å². The van der Waals surface area contributed by atoms with Gasteiger partial charge in [0.15, 0.2) is 0 Å². The van der Waals surface area contributed by atoms with E-state index in [1.165, 1.54) is 0 Å². The number of para-hydroxylation sites is 1. The molecule has 1 aliphatic heterocycles. The smallest absolute Gasteiger partial charge is 0.142 e. The summed E-state index contributed by atoms with van der Waals surface area (Å²) < 4.78 is 7.40. The van der Waals surface area contributed by atoms with Crippen LogP contribution in [0.1, 0.15) is 12.5 Å². The first-order valence-electron chi connectivity index (χ1n) is 7.20. The number of ether oxygens (including phenoxy) is 1. The number of aliphatic hydroxyl groups is 1. The molecule has 1 saturated heterocycles. The van der Waals surface area contributed by atoms with Crippen LogP contribution in [0.2, 0.25) is 0 Å². The van der Waals surface area contributed by atoms with Gasteiger partial charge >= 0.3 is 0 Å². The van der Waals surface area contributed by atoms with Crippen molar-refractivity contribution in [3.8, 4) is 11.4 Å². The van der Waals surface area contributed by atoms with Crippen molar-refractivity contribution in [3.63, 3.8) is 0 Å². The Balaban J connectivity index is 1.83.